The summed E-state index contributed by atoms with van der Waals surface area (Å²) in [6.45, 7) is 2.84. The fourth-order valence-electron chi connectivity index (χ4n) is 4.27. The smallest absolute Gasteiger partial charge is 0.364 e. The van der Waals surface area contributed by atoms with Crippen molar-refractivity contribution in [2.75, 3.05) is 11.1 Å². The maximum atomic E-state index is 12.3. The van der Waals surface area contributed by atoms with E-state index in [1.54, 1.807) is 30.0 Å². The Morgan fingerprint density at radius 1 is 1.05 bits per heavy atom. The van der Waals surface area contributed by atoms with E-state index in [1.807, 2.05) is 46.3 Å². The first kappa shape index (κ1) is 28.4. The van der Waals surface area contributed by atoms with Crippen LogP contribution in [0.25, 0.3) is 10.9 Å². The molecule has 0 fully saturated rings. The number of unbranched alkanes of at least 4 members (excludes halogenated alkanes) is 4. The Morgan fingerprint density at radius 2 is 1.85 bits per heavy atom. The fourth-order valence-corrected chi connectivity index (χ4v) is 5.81. The molecule has 204 valence electrons. The second kappa shape index (κ2) is 14.0. The number of fused-ring (bicyclic) bond motifs is 1. The molecule has 3 N–H and O–H groups in total. The van der Waals surface area contributed by atoms with Crippen LogP contribution in [0.2, 0.25) is 0 Å². The van der Waals surface area contributed by atoms with Crippen molar-refractivity contribution in [1.29, 1.82) is 0 Å². The van der Waals surface area contributed by atoms with E-state index >= 15 is 0 Å². The lowest BCUT2D eigenvalue weighted by Crippen LogP contribution is -2.03. The van der Waals surface area contributed by atoms with Crippen LogP contribution in [0.4, 0.5) is 15.5 Å². The van der Waals surface area contributed by atoms with Gasteiger partial charge in [-0.15, -0.1) is 28.2 Å². The van der Waals surface area contributed by atoms with E-state index in [0.717, 1.165) is 52.8 Å². The van der Waals surface area contributed by atoms with Crippen LogP contribution in [0, 0.1) is 0 Å². The first-order valence-corrected chi connectivity index (χ1v) is 14.9. The Hall–Kier alpha value is -3.63. The highest BCUT2D eigenvalue weighted by molar-refractivity contribution is 7.99. The van der Waals surface area contributed by atoms with Crippen molar-refractivity contribution in [3.8, 4) is 5.88 Å². The highest BCUT2D eigenvalue weighted by atomic mass is 32.2. The molecule has 8 nitrogen and oxygen atoms in total. The Labute approximate surface area is 235 Å². The summed E-state index contributed by atoms with van der Waals surface area (Å²) in [6.07, 6.45) is 6.32. The van der Waals surface area contributed by atoms with E-state index in [-0.39, 0.29) is 17.1 Å². The van der Waals surface area contributed by atoms with Crippen LogP contribution < -0.4 is 5.32 Å². The second-order valence-electron chi connectivity index (χ2n) is 9.13. The Morgan fingerprint density at radius 3 is 2.56 bits per heavy atom. The Kier molecular flexibility index (Phi) is 10.2. The quantitative estimate of drug-likeness (QED) is 0.0853. The van der Waals surface area contributed by atoms with Gasteiger partial charge in [0.05, 0.1) is 16.1 Å². The topological polar surface area (TPSA) is 116 Å². The lowest BCUT2D eigenvalue weighted by Gasteiger charge is -2.07. The number of carboxylic acids is 1. The number of hydrogen-bond acceptors (Lipinski definition) is 6. The van der Waals surface area contributed by atoms with Crippen molar-refractivity contribution in [2.24, 2.45) is 10.2 Å². The van der Waals surface area contributed by atoms with Crippen LogP contribution in [-0.4, -0.2) is 32.5 Å². The largest absolute Gasteiger partial charge is 0.493 e. The molecule has 0 aliphatic rings. The number of thiophene rings is 1. The molecule has 4 rings (SSSR count). The summed E-state index contributed by atoms with van der Waals surface area (Å²) in [5.74, 6) is -0.131. The third-order valence-corrected chi connectivity index (χ3v) is 8.10. The number of hydrogen-bond donors (Lipinski definition) is 3. The average Bonchev–Trinajstić information content (AvgIpc) is 3.53. The molecule has 0 bridgehead atoms. The summed E-state index contributed by atoms with van der Waals surface area (Å²) in [6, 6.07) is 15.9. The molecule has 2 aromatic heterocycles. The monoisotopic (exact) mass is 564 g/mol. The number of rotatable bonds is 13. The molecule has 0 aliphatic carbocycles. The predicted molar refractivity (Wildman–Crippen MR) is 158 cm³/mol. The molecule has 4 aromatic rings. The third-order valence-electron chi connectivity index (χ3n) is 6.32. The molecule has 0 spiro atoms. The molecule has 10 heteroatoms. The van der Waals surface area contributed by atoms with E-state index in [4.69, 9.17) is 5.11 Å². The molecule has 0 aliphatic heterocycles. The summed E-state index contributed by atoms with van der Waals surface area (Å²) >= 11 is 3.05. The van der Waals surface area contributed by atoms with Gasteiger partial charge in [0.25, 0.3) is 0 Å². The van der Waals surface area contributed by atoms with Gasteiger partial charge in [-0.1, -0.05) is 49.9 Å². The van der Waals surface area contributed by atoms with Gasteiger partial charge in [-0.05, 0) is 66.2 Å². The third kappa shape index (κ3) is 7.70. The number of nitrogens with one attached hydrogen (secondary N) is 1. The Balaban J connectivity index is 1.51. The van der Waals surface area contributed by atoms with E-state index in [2.05, 4.69) is 22.5 Å². The van der Waals surface area contributed by atoms with E-state index in [1.165, 1.54) is 24.2 Å². The van der Waals surface area contributed by atoms with Crippen molar-refractivity contribution < 1.29 is 19.8 Å². The zero-order valence-corrected chi connectivity index (χ0v) is 23.4. The number of benzene rings is 2. The van der Waals surface area contributed by atoms with Gasteiger partial charge in [0.1, 0.15) is 0 Å². The van der Waals surface area contributed by atoms with Gasteiger partial charge in [-0.3, -0.25) is 5.32 Å². The predicted octanol–water partition coefficient (Wildman–Crippen LogP) is 8.73. The number of carboxylic acid groups (broad SMARTS) is 1. The maximum absolute atomic E-state index is 12.3. The van der Waals surface area contributed by atoms with Crippen LogP contribution in [-0.2, 0) is 13.0 Å². The van der Waals surface area contributed by atoms with Gasteiger partial charge in [-0.2, -0.15) is 0 Å². The van der Waals surface area contributed by atoms with Gasteiger partial charge < -0.3 is 14.8 Å². The number of aromatic nitrogens is 1. The number of azo groups is 1. The molecular formula is C29H32N4O4S2. The van der Waals surface area contributed by atoms with E-state index < -0.39 is 12.0 Å². The van der Waals surface area contributed by atoms with Crippen molar-refractivity contribution >= 4 is 56.7 Å². The summed E-state index contributed by atoms with van der Waals surface area (Å²) in [5, 5.41) is 34.1. The minimum absolute atomic E-state index is 0.00818. The maximum Gasteiger partial charge on any atom is 0.364 e. The molecule has 2 amide bonds. The standard InChI is InChI=1S/C29H32N4O4S2/c1-2-3-4-5-6-16-33-24-14-13-22(38-18-15-20-9-11-21(12-10-20)28(35)36)19-23(24)26(27(33)34)31-32-29(37)30-25-8-7-17-39-25/h7-14,17,19,34H,2-6,15-16,18H2,1H3,(H,30,37)(H,35,36). The van der Waals surface area contributed by atoms with Crippen molar-refractivity contribution in [2.45, 2.75) is 56.9 Å². The van der Waals surface area contributed by atoms with Gasteiger partial charge in [0.2, 0.25) is 5.88 Å². The van der Waals surface area contributed by atoms with Crippen LogP contribution >= 0.6 is 23.1 Å². The van der Waals surface area contributed by atoms with Crippen LogP contribution in [0.1, 0.15) is 54.9 Å². The second-order valence-corrected chi connectivity index (χ2v) is 11.2. The van der Waals surface area contributed by atoms with Crippen LogP contribution in [0.3, 0.4) is 0 Å². The van der Waals surface area contributed by atoms with E-state index in [9.17, 15) is 14.7 Å². The molecule has 2 heterocycles. The normalized spacial score (nSPS) is 11.4. The number of carbonyl (C=O) groups is 2. The summed E-state index contributed by atoms with van der Waals surface area (Å²) in [4.78, 5) is 24.4. The molecule has 2 aromatic carbocycles. The number of amides is 2. The number of carbonyl (C=O) groups excluding carboxylic acids is 1. The molecule has 0 unspecified atom stereocenters. The fraction of sp³-hybridized carbons (Fsp3) is 0.310. The van der Waals surface area contributed by atoms with Gasteiger partial charge >= 0.3 is 12.0 Å². The minimum atomic E-state index is -0.933. The van der Waals surface area contributed by atoms with Crippen molar-refractivity contribution in [3.05, 3.63) is 71.1 Å². The van der Waals surface area contributed by atoms with Crippen molar-refractivity contribution in [3.63, 3.8) is 0 Å². The molecule has 0 radical (unpaired) electrons. The Bertz CT molecular complexity index is 1430. The summed E-state index contributed by atoms with van der Waals surface area (Å²) < 4.78 is 1.85. The first-order valence-electron chi connectivity index (χ1n) is 13.0. The zero-order valence-electron chi connectivity index (χ0n) is 21.8. The number of aryl methyl sites for hydroxylation is 2. The number of nitrogens with zero attached hydrogens (tertiary/aromatic N) is 3. The van der Waals surface area contributed by atoms with Crippen molar-refractivity contribution in [1.82, 2.24) is 4.57 Å². The molecule has 0 saturated carbocycles. The van der Waals surface area contributed by atoms with Gasteiger partial charge in [-0.25, -0.2) is 9.59 Å². The zero-order chi connectivity index (χ0) is 27.6. The van der Waals surface area contributed by atoms with Gasteiger partial charge in [0, 0.05) is 22.6 Å². The SMILES string of the molecule is CCCCCCCn1c(O)c(N=NC(=O)Nc2cccs2)c2cc(SCCc3ccc(C(=O)O)cc3)ccc21. The molecular weight excluding hydrogens is 532 g/mol. The summed E-state index contributed by atoms with van der Waals surface area (Å²) in [5.41, 5.74) is 2.47. The highest BCUT2D eigenvalue weighted by Gasteiger charge is 2.18. The number of aromatic hydroxyl groups is 1. The van der Waals surface area contributed by atoms with Crippen LogP contribution in [0.15, 0.2) is 75.1 Å². The van der Waals surface area contributed by atoms with E-state index in [0.29, 0.717) is 11.5 Å². The highest BCUT2D eigenvalue weighted by Crippen LogP contribution is 2.41. The molecule has 39 heavy (non-hydrogen) atoms. The van der Waals surface area contributed by atoms with Crippen LogP contribution in [0.5, 0.6) is 5.88 Å². The first-order chi connectivity index (χ1) is 19.0. The molecule has 0 atom stereocenters. The average molecular weight is 565 g/mol. The lowest BCUT2D eigenvalue weighted by molar-refractivity contribution is 0.0697. The number of aromatic carboxylic acids is 1. The lowest BCUT2D eigenvalue weighted by atomic mass is 10.1. The van der Waals surface area contributed by atoms with Gasteiger partial charge in [0.15, 0.2) is 5.69 Å². The minimum Gasteiger partial charge on any atom is -0.493 e. The molecule has 0 saturated heterocycles. The summed E-state index contributed by atoms with van der Waals surface area (Å²) in [7, 11) is 0. The number of anilines is 1. The number of urea groups is 1. The number of thioether (sulfide) groups is 1.